The van der Waals surface area contributed by atoms with E-state index in [1.807, 2.05) is 0 Å². The molecule has 1 heterocycles. The van der Waals surface area contributed by atoms with Crippen LogP contribution in [0.25, 0.3) is 0 Å². The first-order valence-electron chi connectivity index (χ1n) is 6.20. The van der Waals surface area contributed by atoms with Crippen LogP contribution in [0.1, 0.15) is 45.9 Å². The Kier molecular flexibility index (Phi) is 3.47. The topological polar surface area (TPSA) is 37.8 Å². The van der Waals surface area contributed by atoms with Crippen molar-refractivity contribution in [2.45, 2.75) is 46.5 Å². The molecule has 1 fully saturated rings. The van der Waals surface area contributed by atoms with E-state index in [4.69, 9.17) is 0 Å². The van der Waals surface area contributed by atoms with Gasteiger partial charge >= 0.3 is 0 Å². The average molecular weight is 239 g/mol. The molecule has 0 atom stereocenters. The number of nitrogens with zero attached hydrogens (tertiary/aromatic N) is 2. The van der Waals surface area contributed by atoms with Crippen molar-refractivity contribution in [3.63, 3.8) is 0 Å². The van der Waals surface area contributed by atoms with Crippen LogP contribution < -0.4 is 5.32 Å². The van der Waals surface area contributed by atoms with Crippen LogP contribution >= 0.6 is 11.5 Å². The number of anilines is 1. The van der Waals surface area contributed by atoms with Crippen molar-refractivity contribution in [1.82, 2.24) is 9.36 Å². The van der Waals surface area contributed by atoms with Crippen molar-refractivity contribution in [2.75, 3.05) is 11.9 Å². The van der Waals surface area contributed by atoms with E-state index in [1.165, 1.54) is 30.8 Å². The molecule has 90 valence electrons. The zero-order valence-corrected chi connectivity index (χ0v) is 11.2. The fourth-order valence-corrected chi connectivity index (χ4v) is 2.46. The first-order chi connectivity index (χ1) is 7.63. The van der Waals surface area contributed by atoms with Gasteiger partial charge in [-0.2, -0.15) is 4.37 Å². The molecule has 1 saturated carbocycles. The standard InChI is InChI=1S/C12H21N3S/c1-4-12(5-6-12)8-13-11-14-10(15-16-11)7-9(2)3/h9H,4-8H2,1-3H3,(H,13,14,15). The number of nitrogens with one attached hydrogen (secondary N) is 1. The van der Waals surface area contributed by atoms with Gasteiger partial charge in [0.05, 0.1) is 0 Å². The molecule has 1 N–H and O–H groups in total. The maximum Gasteiger partial charge on any atom is 0.202 e. The van der Waals surface area contributed by atoms with Crippen molar-refractivity contribution < 1.29 is 0 Å². The molecule has 2 rings (SSSR count). The molecule has 4 heteroatoms. The summed E-state index contributed by atoms with van der Waals surface area (Å²) in [6.45, 7) is 7.74. The molecule has 1 aliphatic carbocycles. The lowest BCUT2D eigenvalue weighted by Gasteiger charge is -2.11. The van der Waals surface area contributed by atoms with E-state index in [2.05, 4.69) is 35.4 Å². The highest BCUT2D eigenvalue weighted by Crippen LogP contribution is 2.48. The highest BCUT2D eigenvalue weighted by molar-refractivity contribution is 7.09. The molecular formula is C12H21N3S. The number of hydrogen-bond donors (Lipinski definition) is 1. The first-order valence-corrected chi connectivity index (χ1v) is 6.97. The van der Waals surface area contributed by atoms with E-state index < -0.39 is 0 Å². The molecule has 0 unspecified atom stereocenters. The third kappa shape index (κ3) is 2.94. The summed E-state index contributed by atoms with van der Waals surface area (Å²) in [6, 6.07) is 0. The van der Waals surface area contributed by atoms with E-state index in [1.54, 1.807) is 0 Å². The fraction of sp³-hybridized carbons (Fsp3) is 0.833. The lowest BCUT2D eigenvalue weighted by Crippen LogP contribution is -2.14. The average Bonchev–Trinajstić information content (AvgIpc) is 2.90. The number of hydrogen-bond acceptors (Lipinski definition) is 4. The molecule has 0 aromatic carbocycles. The van der Waals surface area contributed by atoms with Crippen molar-refractivity contribution in [3.05, 3.63) is 5.82 Å². The molecule has 0 spiro atoms. The summed E-state index contributed by atoms with van der Waals surface area (Å²) in [7, 11) is 0. The SMILES string of the molecule is CCC1(CNc2nc(CC(C)C)ns2)CC1. The normalized spacial score (nSPS) is 17.8. The second-order valence-electron chi connectivity index (χ2n) is 5.32. The Balaban J connectivity index is 1.83. The molecule has 1 aromatic heterocycles. The Labute approximate surface area is 102 Å². The third-order valence-corrected chi connectivity index (χ3v) is 4.09. The minimum atomic E-state index is 0.573. The van der Waals surface area contributed by atoms with E-state index in [-0.39, 0.29) is 0 Å². The Hall–Kier alpha value is -0.640. The van der Waals surface area contributed by atoms with Crippen LogP contribution in [0.4, 0.5) is 5.13 Å². The van der Waals surface area contributed by atoms with Gasteiger partial charge in [-0.1, -0.05) is 20.8 Å². The van der Waals surface area contributed by atoms with E-state index in [0.717, 1.165) is 23.9 Å². The third-order valence-electron chi connectivity index (χ3n) is 3.38. The Morgan fingerprint density at radius 1 is 1.44 bits per heavy atom. The minimum absolute atomic E-state index is 0.573. The summed E-state index contributed by atoms with van der Waals surface area (Å²) in [4.78, 5) is 4.51. The van der Waals surface area contributed by atoms with E-state index in [9.17, 15) is 0 Å². The summed E-state index contributed by atoms with van der Waals surface area (Å²) in [6.07, 6.45) is 5.00. The van der Waals surface area contributed by atoms with Crippen LogP contribution in [-0.4, -0.2) is 15.9 Å². The molecule has 0 bridgehead atoms. The second kappa shape index (κ2) is 4.70. The summed E-state index contributed by atoms with van der Waals surface area (Å²) >= 11 is 1.50. The number of rotatable bonds is 6. The smallest absolute Gasteiger partial charge is 0.202 e. The van der Waals surface area contributed by atoms with Gasteiger partial charge < -0.3 is 5.32 Å². The highest BCUT2D eigenvalue weighted by Gasteiger charge is 2.40. The Morgan fingerprint density at radius 2 is 2.19 bits per heavy atom. The number of aromatic nitrogens is 2. The quantitative estimate of drug-likeness (QED) is 0.827. The van der Waals surface area contributed by atoms with Crippen molar-refractivity contribution in [3.8, 4) is 0 Å². The van der Waals surface area contributed by atoms with Crippen molar-refractivity contribution in [2.24, 2.45) is 11.3 Å². The van der Waals surface area contributed by atoms with Crippen LogP contribution in [0, 0.1) is 11.3 Å². The van der Waals surface area contributed by atoms with Gasteiger partial charge in [-0.25, -0.2) is 4.98 Å². The van der Waals surface area contributed by atoms with Gasteiger partial charge in [-0.05, 0) is 30.6 Å². The lowest BCUT2D eigenvalue weighted by molar-refractivity contribution is 0.521. The second-order valence-corrected chi connectivity index (χ2v) is 6.07. The van der Waals surface area contributed by atoms with Gasteiger partial charge in [-0.15, -0.1) is 0 Å². The van der Waals surface area contributed by atoms with Crippen LogP contribution in [0.3, 0.4) is 0 Å². The summed E-state index contributed by atoms with van der Waals surface area (Å²) in [5, 5.41) is 4.43. The molecule has 0 saturated heterocycles. The maximum atomic E-state index is 4.51. The molecule has 16 heavy (non-hydrogen) atoms. The largest absolute Gasteiger partial charge is 0.360 e. The fourth-order valence-electron chi connectivity index (χ4n) is 1.87. The van der Waals surface area contributed by atoms with E-state index in [0.29, 0.717) is 11.3 Å². The van der Waals surface area contributed by atoms with Gasteiger partial charge in [-0.3, -0.25) is 0 Å². The predicted molar refractivity (Wildman–Crippen MR) is 68.9 cm³/mol. The summed E-state index contributed by atoms with van der Waals surface area (Å²) in [5.41, 5.74) is 0.573. The van der Waals surface area contributed by atoms with Crippen molar-refractivity contribution in [1.29, 1.82) is 0 Å². The summed E-state index contributed by atoms with van der Waals surface area (Å²) < 4.78 is 4.37. The molecule has 0 radical (unpaired) electrons. The Morgan fingerprint density at radius 3 is 2.75 bits per heavy atom. The molecule has 1 aliphatic rings. The first kappa shape index (κ1) is 11.8. The molecular weight excluding hydrogens is 218 g/mol. The highest BCUT2D eigenvalue weighted by atomic mass is 32.1. The van der Waals surface area contributed by atoms with Gasteiger partial charge in [0.25, 0.3) is 0 Å². The lowest BCUT2D eigenvalue weighted by atomic mass is 10.0. The molecule has 3 nitrogen and oxygen atoms in total. The Bertz CT molecular complexity index is 342. The van der Waals surface area contributed by atoms with Gasteiger partial charge in [0, 0.05) is 24.5 Å². The maximum absolute atomic E-state index is 4.51. The van der Waals surface area contributed by atoms with Gasteiger partial charge in [0.15, 0.2) is 0 Å². The van der Waals surface area contributed by atoms with Crippen LogP contribution in [0.15, 0.2) is 0 Å². The molecule has 0 amide bonds. The minimum Gasteiger partial charge on any atom is -0.360 e. The van der Waals surface area contributed by atoms with E-state index >= 15 is 0 Å². The van der Waals surface area contributed by atoms with Crippen LogP contribution in [-0.2, 0) is 6.42 Å². The molecule has 0 aliphatic heterocycles. The van der Waals surface area contributed by atoms with Gasteiger partial charge in [0.2, 0.25) is 5.13 Å². The zero-order chi connectivity index (χ0) is 11.6. The monoisotopic (exact) mass is 239 g/mol. The van der Waals surface area contributed by atoms with Crippen LogP contribution in [0.2, 0.25) is 0 Å². The molecule has 1 aromatic rings. The summed E-state index contributed by atoms with van der Waals surface area (Å²) in [5.74, 6) is 1.62. The predicted octanol–water partition coefficient (Wildman–Crippen LogP) is 3.34. The van der Waals surface area contributed by atoms with Gasteiger partial charge in [0.1, 0.15) is 5.82 Å². The van der Waals surface area contributed by atoms with Crippen LogP contribution in [0.5, 0.6) is 0 Å². The van der Waals surface area contributed by atoms with Crippen molar-refractivity contribution >= 4 is 16.7 Å². The zero-order valence-electron chi connectivity index (χ0n) is 10.4.